The first-order chi connectivity index (χ1) is 31.0. The van der Waals surface area contributed by atoms with Crippen molar-refractivity contribution in [2.75, 3.05) is 0 Å². The van der Waals surface area contributed by atoms with Gasteiger partial charge in [-0.05, 0) is 97.0 Å². The molecule has 0 saturated heterocycles. The Morgan fingerprint density at radius 1 is 0.738 bits per heavy atom. The van der Waals surface area contributed by atoms with Crippen molar-refractivity contribution >= 4 is 55.8 Å². The molecule has 3 aromatic heterocycles. The molecule has 0 N–H and O–H groups in total. The van der Waals surface area contributed by atoms with Crippen molar-refractivity contribution in [3.05, 3.63) is 193 Å². The molecule has 0 aliphatic carbocycles. The van der Waals surface area contributed by atoms with Gasteiger partial charge < -0.3 is 9.55 Å². The SMILES string of the molecule is CC(C)(C)c1ccc(-n2c(-c3[c-]ccc4c3sc3cccc(-c5ccc(F)cc5)c34)nc3ccccc32)cc1.[2H]C(C)(C)c1cc(-c2[c-]ccc(-c3ccccc3)c2)ncc1[Si](C)(C)C.[Ir]. The van der Waals surface area contributed by atoms with Crippen molar-refractivity contribution in [2.45, 2.75) is 65.6 Å². The first kappa shape index (κ1) is 44.4. The molecule has 1 radical (unpaired) electrons. The van der Waals surface area contributed by atoms with Gasteiger partial charge in [-0.25, -0.2) is 4.39 Å². The molecular formula is C58H52FIrN3SSi-2. The normalized spacial score (nSPS) is 12.2. The van der Waals surface area contributed by atoms with E-state index in [0.29, 0.717) is 0 Å². The Morgan fingerprint density at radius 2 is 1.45 bits per heavy atom. The van der Waals surface area contributed by atoms with Gasteiger partial charge >= 0.3 is 0 Å². The summed E-state index contributed by atoms with van der Waals surface area (Å²) in [4.78, 5) is 9.88. The maximum absolute atomic E-state index is 13.7. The summed E-state index contributed by atoms with van der Waals surface area (Å²) < 4.78 is 26.9. The molecule has 0 spiro atoms. The van der Waals surface area contributed by atoms with Crippen molar-refractivity contribution < 1.29 is 25.9 Å². The third-order valence-electron chi connectivity index (χ3n) is 11.8. The summed E-state index contributed by atoms with van der Waals surface area (Å²) in [5.74, 6) is -0.00252. The minimum atomic E-state index is -1.57. The van der Waals surface area contributed by atoms with E-state index in [1.54, 1.807) is 11.3 Å². The van der Waals surface area contributed by atoms with Gasteiger partial charge in [0.15, 0.2) is 0 Å². The zero-order valence-electron chi connectivity index (χ0n) is 39.0. The van der Waals surface area contributed by atoms with E-state index >= 15 is 0 Å². The number of hydrogen-bond donors (Lipinski definition) is 0. The summed E-state index contributed by atoms with van der Waals surface area (Å²) in [6.45, 7) is 17.5. The molecule has 0 atom stereocenters. The molecule has 7 aromatic carbocycles. The first-order valence-corrected chi connectivity index (χ1v) is 26.2. The van der Waals surface area contributed by atoms with Crippen molar-refractivity contribution in [1.82, 2.24) is 14.5 Å². The summed E-state index contributed by atoms with van der Waals surface area (Å²) >= 11 is 1.76. The molecule has 327 valence electrons. The van der Waals surface area contributed by atoms with Crippen LogP contribution in [0.3, 0.4) is 0 Å². The van der Waals surface area contributed by atoms with Gasteiger partial charge in [-0.1, -0.05) is 156 Å². The minimum absolute atomic E-state index is 0. The summed E-state index contributed by atoms with van der Waals surface area (Å²) in [6.07, 6.45) is 2.00. The fraction of sp³-hybridized carbons (Fsp3) is 0.172. The Balaban J connectivity index is 0.000000192. The van der Waals surface area contributed by atoms with E-state index in [1.807, 2.05) is 68.6 Å². The second-order valence-electron chi connectivity index (χ2n) is 18.7. The van der Waals surface area contributed by atoms with Crippen LogP contribution in [-0.4, -0.2) is 22.6 Å². The smallest absolute Gasteiger partial charge is 0.123 e. The number of benzene rings is 7. The largest absolute Gasteiger partial charge is 0.333 e. The second kappa shape index (κ2) is 18.6. The summed E-state index contributed by atoms with van der Waals surface area (Å²) in [5, 5.41) is 3.60. The van der Waals surface area contributed by atoms with E-state index in [1.165, 1.54) is 38.5 Å². The van der Waals surface area contributed by atoms with E-state index in [4.69, 9.17) is 11.3 Å². The van der Waals surface area contributed by atoms with Crippen LogP contribution in [0.15, 0.2) is 164 Å². The molecular weight excluding hydrogens is 1010 g/mol. The predicted octanol–water partition coefficient (Wildman–Crippen LogP) is 15.8. The maximum atomic E-state index is 13.7. The predicted molar refractivity (Wildman–Crippen MR) is 273 cm³/mol. The Bertz CT molecular complexity index is 3320. The number of nitrogens with zero attached hydrogens (tertiary/aromatic N) is 3. The van der Waals surface area contributed by atoms with Crippen LogP contribution >= 0.6 is 11.3 Å². The number of hydrogen-bond acceptors (Lipinski definition) is 3. The Kier molecular flexibility index (Phi) is 12.7. The third kappa shape index (κ3) is 9.34. The molecule has 0 aliphatic rings. The number of thiophene rings is 1. The van der Waals surface area contributed by atoms with E-state index in [0.717, 1.165) is 71.7 Å². The number of fused-ring (bicyclic) bond motifs is 4. The summed E-state index contributed by atoms with van der Waals surface area (Å²) in [7, 11) is -1.57. The average Bonchev–Trinajstić information content (AvgIpc) is 3.88. The van der Waals surface area contributed by atoms with Gasteiger partial charge in [0.25, 0.3) is 0 Å². The molecule has 0 unspecified atom stereocenters. The molecule has 10 aromatic rings. The molecule has 7 heteroatoms. The average molecular weight is 1060 g/mol. The number of aromatic nitrogens is 3. The summed E-state index contributed by atoms with van der Waals surface area (Å²) in [6, 6.07) is 59.8. The van der Waals surface area contributed by atoms with Gasteiger partial charge in [0.2, 0.25) is 0 Å². The van der Waals surface area contributed by atoms with Crippen molar-refractivity contribution in [3.63, 3.8) is 0 Å². The van der Waals surface area contributed by atoms with Gasteiger partial charge in [-0.15, -0.1) is 53.6 Å². The zero-order chi connectivity index (χ0) is 45.7. The Morgan fingerprint density at radius 3 is 2.15 bits per heavy atom. The summed E-state index contributed by atoms with van der Waals surface area (Å²) in [5.41, 5.74) is 12.8. The van der Waals surface area contributed by atoms with Crippen molar-refractivity contribution in [2.24, 2.45) is 0 Å². The van der Waals surface area contributed by atoms with Crippen LogP contribution in [0.25, 0.3) is 81.8 Å². The van der Waals surface area contributed by atoms with Gasteiger partial charge in [-0.2, -0.15) is 11.3 Å². The molecule has 0 bridgehead atoms. The van der Waals surface area contributed by atoms with Crippen molar-refractivity contribution in [1.29, 1.82) is 0 Å². The molecule has 0 aliphatic heterocycles. The Labute approximate surface area is 402 Å². The van der Waals surface area contributed by atoms with E-state index < -0.39 is 14.0 Å². The topological polar surface area (TPSA) is 30.7 Å². The van der Waals surface area contributed by atoms with Crippen LogP contribution in [0.2, 0.25) is 19.6 Å². The number of halogens is 1. The fourth-order valence-electron chi connectivity index (χ4n) is 8.43. The van der Waals surface area contributed by atoms with Crippen molar-refractivity contribution in [3.8, 4) is 50.6 Å². The monoisotopic (exact) mass is 1060 g/mol. The Hall–Kier alpha value is -5.82. The zero-order valence-corrected chi connectivity index (χ0v) is 42.3. The number of imidazole rings is 1. The van der Waals surface area contributed by atoms with Gasteiger partial charge in [0, 0.05) is 38.1 Å². The van der Waals surface area contributed by atoms with Crippen LogP contribution in [0.1, 0.15) is 53.0 Å². The molecule has 10 rings (SSSR count). The quantitative estimate of drug-likeness (QED) is 0.118. The fourth-order valence-corrected chi connectivity index (χ4v) is 11.2. The van der Waals surface area contributed by atoms with Crippen LogP contribution in [0.5, 0.6) is 0 Å². The number of rotatable bonds is 7. The molecule has 3 nitrogen and oxygen atoms in total. The van der Waals surface area contributed by atoms with Gasteiger partial charge in [0.05, 0.1) is 24.9 Å². The van der Waals surface area contributed by atoms with E-state index in [-0.39, 0.29) is 31.3 Å². The first-order valence-electron chi connectivity index (χ1n) is 22.3. The van der Waals surface area contributed by atoms with Gasteiger partial charge in [-0.3, -0.25) is 4.98 Å². The maximum Gasteiger partial charge on any atom is 0.123 e. The molecule has 0 fully saturated rings. The number of para-hydroxylation sites is 2. The molecule has 65 heavy (non-hydrogen) atoms. The molecule has 0 amide bonds. The van der Waals surface area contributed by atoms with Gasteiger partial charge in [0.1, 0.15) is 5.82 Å². The molecule has 3 heterocycles. The minimum Gasteiger partial charge on any atom is -0.333 e. The van der Waals surface area contributed by atoms with Crippen LogP contribution < -0.4 is 5.19 Å². The number of pyridine rings is 1. The third-order valence-corrected chi connectivity index (χ3v) is 15.0. The van der Waals surface area contributed by atoms with E-state index in [2.05, 4.69) is 154 Å². The van der Waals surface area contributed by atoms with Crippen LogP contribution in [0, 0.1) is 17.9 Å². The standard InChI is InChI=1S/C35H26FN2S.C23H26NSi.Ir/c1-35(2,3)23-16-20-25(21-17-23)38-30-12-5-4-11-29(30)37-34(38)28-10-6-9-27-32-26(22-14-18-24(36)19-15-22)8-7-13-31(32)39-33(27)28;1-17(2)21-15-22(24-16-23(21)25(3,4)5)20-13-9-12-19(14-20)18-10-7-6-8-11-18;/h4-9,11-21H,1-3H3;6-12,14-17H,1-5H3;/q2*-1;/i;17D;. The second-order valence-corrected chi connectivity index (χ2v) is 24.8. The van der Waals surface area contributed by atoms with Crippen LogP contribution in [0.4, 0.5) is 4.39 Å². The van der Waals surface area contributed by atoms with E-state index in [9.17, 15) is 4.39 Å². The van der Waals surface area contributed by atoms with Crippen LogP contribution in [-0.2, 0) is 25.5 Å². The molecule has 0 saturated carbocycles.